The summed E-state index contributed by atoms with van der Waals surface area (Å²) < 4.78 is 0. The van der Waals surface area contributed by atoms with Crippen molar-refractivity contribution in [2.24, 2.45) is 10.2 Å². The maximum absolute atomic E-state index is 11.8. The minimum absolute atomic E-state index is 0.116. The third-order valence-electron chi connectivity index (χ3n) is 4.31. The van der Waals surface area contributed by atoms with Crippen LogP contribution in [0.3, 0.4) is 0 Å². The molecule has 0 aliphatic heterocycles. The Hall–Kier alpha value is -2.70. The van der Waals surface area contributed by atoms with E-state index >= 15 is 0 Å². The highest BCUT2D eigenvalue weighted by Gasteiger charge is 2.02. The largest absolute Gasteiger partial charge is 0.273 e. The molecule has 0 atom stereocenters. The molecule has 2 aromatic rings. The van der Waals surface area contributed by atoms with Gasteiger partial charge >= 0.3 is 0 Å². The van der Waals surface area contributed by atoms with Gasteiger partial charge < -0.3 is 0 Å². The highest BCUT2D eigenvalue weighted by molar-refractivity contribution is 6.31. The van der Waals surface area contributed by atoms with Crippen molar-refractivity contribution in [2.75, 3.05) is 0 Å². The van der Waals surface area contributed by atoms with E-state index in [1.807, 2.05) is 24.3 Å². The van der Waals surface area contributed by atoms with Crippen LogP contribution in [0.2, 0.25) is 10.0 Å². The van der Waals surface area contributed by atoms with Gasteiger partial charge in [0.25, 0.3) is 0 Å². The summed E-state index contributed by atoms with van der Waals surface area (Å²) in [5.41, 5.74) is 6.68. The fourth-order valence-corrected chi connectivity index (χ4v) is 3.14. The molecular formula is C23H26Cl2N4O2. The Morgan fingerprint density at radius 3 is 1.55 bits per heavy atom. The third kappa shape index (κ3) is 11.3. The minimum atomic E-state index is -0.116. The van der Waals surface area contributed by atoms with Crippen molar-refractivity contribution in [3.63, 3.8) is 0 Å². The van der Waals surface area contributed by atoms with Crippen molar-refractivity contribution < 1.29 is 9.59 Å². The lowest BCUT2D eigenvalue weighted by Gasteiger charge is -2.02. The summed E-state index contributed by atoms with van der Waals surface area (Å²) in [5, 5.41) is 9.11. The van der Waals surface area contributed by atoms with E-state index in [2.05, 4.69) is 21.1 Å². The summed E-state index contributed by atoms with van der Waals surface area (Å²) in [6.45, 7) is 0. The highest BCUT2D eigenvalue weighted by atomic mass is 35.5. The van der Waals surface area contributed by atoms with Crippen LogP contribution in [0.1, 0.15) is 56.1 Å². The molecule has 0 aliphatic rings. The lowest BCUT2D eigenvalue weighted by atomic mass is 10.1. The van der Waals surface area contributed by atoms with E-state index in [1.165, 1.54) is 0 Å². The zero-order valence-corrected chi connectivity index (χ0v) is 18.7. The standard InChI is InChI=1S/C23H26Cl2N4O2/c24-20-10-6-8-18(14-20)16-26-28-22(30)12-4-2-1-3-5-13-23(31)29-27-17-19-9-7-11-21(25)15-19/h6-11,14-17H,1-5,12-13H2,(H,28,30)(H,29,31)/b26-16-,27-17-. The fourth-order valence-electron chi connectivity index (χ4n) is 2.74. The maximum atomic E-state index is 11.8. The van der Waals surface area contributed by atoms with Crippen molar-refractivity contribution in [2.45, 2.75) is 44.9 Å². The molecule has 8 heteroatoms. The Bertz CT molecular complexity index is 842. The van der Waals surface area contributed by atoms with E-state index in [4.69, 9.17) is 23.2 Å². The average molecular weight is 461 g/mol. The molecule has 31 heavy (non-hydrogen) atoms. The first-order valence-corrected chi connectivity index (χ1v) is 10.9. The van der Waals surface area contributed by atoms with Gasteiger partial charge in [0.2, 0.25) is 11.8 Å². The van der Waals surface area contributed by atoms with Crippen LogP contribution in [0.4, 0.5) is 0 Å². The van der Waals surface area contributed by atoms with Crippen molar-refractivity contribution in [3.8, 4) is 0 Å². The Morgan fingerprint density at radius 2 is 1.13 bits per heavy atom. The van der Waals surface area contributed by atoms with Gasteiger partial charge in [0, 0.05) is 22.9 Å². The van der Waals surface area contributed by atoms with Gasteiger partial charge in [0.15, 0.2) is 0 Å². The number of hydrazone groups is 2. The number of unbranched alkanes of at least 4 members (excludes halogenated alkanes) is 4. The normalized spacial score (nSPS) is 11.2. The van der Waals surface area contributed by atoms with Gasteiger partial charge in [0.05, 0.1) is 12.4 Å². The van der Waals surface area contributed by atoms with Crippen LogP contribution in [0.15, 0.2) is 58.7 Å². The highest BCUT2D eigenvalue weighted by Crippen LogP contribution is 2.10. The van der Waals surface area contributed by atoms with Gasteiger partial charge in [-0.15, -0.1) is 0 Å². The Morgan fingerprint density at radius 1 is 0.710 bits per heavy atom. The molecule has 2 rings (SSSR count). The van der Waals surface area contributed by atoms with Crippen LogP contribution in [-0.4, -0.2) is 24.2 Å². The van der Waals surface area contributed by atoms with E-state index < -0.39 is 0 Å². The Kier molecular flexibility index (Phi) is 11.4. The summed E-state index contributed by atoms with van der Waals surface area (Å²) in [5.74, 6) is -0.231. The van der Waals surface area contributed by atoms with Crippen LogP contribution in [0.25, 0.3) is 0 Å². The van der Waals surface area contributed by atoms with Crippen LogP contribution >= 0.6 is 23.2 Å². The SMILES string of the molecule is O=C(CCCCCCCC(=O)N/N=C\c1cccc(Cl)c1)N/N=C\c1cccc(Cl)c1. The van der Waals surface area contributed by atoms with E-state index in [9.17, 15) is 9.59 Å². The molecule has 0 radical (unpaired) electrons. The molecule has 0 unspecified atom stereocenters. The number of halogens is 2. The van der Waals surface area contributed by atoms with Crippen LogP contribution in [0, 0.1) is 0 Å². The number of rotatable bonds is 12. The molecule has 0 saturated carbocycles. The molecule has 0 aliphatic carbocycles. The quantitative estimate of drug-likeness (QED) is 0.255. The molecule has 0 heterocycles. The molecule has 2 aromatic carbocycles. The monoisotopic (exact) mass is 460 g/mol. The molecule has 0 spiro atoms. The summed E-state index contributed by atoms with van der Waals surface area (Å²) in [6.07, 6.45) is 8.38. The van der Waals surface area contributed by atoms with Crippen molar-refractivity contribution in [1.29, 1.82) is 0 Å². The van der Waals surface area contributed by atoms with Crippen LogP contribution in [-0.2, 0) is 9.59 Å². The lowest BCUT2D eigenvalue weighted by molar-refractivity contribution is -0.121. The lowest BCUT2D eigenvalue weighted by Crippen LogP contribution is -2.17. The zero-order valence-electron chi connectivity index (χ0n) is 17.2. The summed E-state index contributed by atoms with van der Waals surface area (Å²) in [6, 6.07) is 14.4. The first-order chi connectivity index (χ1) is 15.0. The predicted octanol–water partition coefficient (Wildman–Crippen LogP) is 5.32. The van der Waals surface area contributed by atoms with Gasteiger partial charge in [0.1, 0.15) is 0 Å². The predicted molar refractivity (Wildman–Crippen MR) is 127 cm³/mol. The molecular weight excluding hydrogens is 435 g/mol. The smallest absolute Gasteiger partial charge is 0.240 e. The number of hydrogen-bond donors (Lipinski definition) is 2. The van der Waals surface area contributed by atoms with Gasteiger partial charge in [-0.25, -0.2) is 10.9 Å². The molecule has 0 fully saturated rings. The molecule has 0 bridgehead atoms. The molecule has 164 valence electrons. The second-order valence-electron chi connectivity index (χ2n) is 6.96. The Balaban J connectivity index is 1.47. The van der Waals surface area contributed by atoms with E-state index in [0.717, 1.165) is 43.2 Å². The number of nitrogens with one attached hydrogen (secondary N) is 2. The second-order valence-corrected chi connectivity index (χ2v) is 7.84. The number of carbonyl (C=O) groups is 2. The number of benzene rings is 2. The first-order valence-electron chi connectivity index (χ1n) is 10.2. The van der Waals surface area contributed by atoms with Crippen molar-refractivity contribution in [1.82, 2.24) is 10.9 Å². The van der Waals surface area contributed by atoms with Gasteiger partial charge in [-0.1, -0.05) is 66.7 Å². The number of amides is 2. The van der Waals surface area contributed by atoms with E-state index in [1.54, 1.807) is 36.7 Å². The van der Waals surface area contributed by atoms with E-state index in [0.29, 0.717) is 22.9 Å². The number of hydrogen-bond acceptors (Lipinski definition) is 4. The Labute approximate surface area is 192 Å². The van der Waals surface area contributed by atoms with E-state index in [-0.39, 0.29) is 11.8 Å². The first kappa shape index (κ1) is 24.6. The summed E-state index contributed by atoms with van der Waals surface area (Å²) in [7, 11) is 0. The van der Waals surface area contributed by atoms with Crippen molar-refractivity contribution >= 4 is 47.4 Å². The summed E-state index contributed by atoms with van der Waals surface area (Å²) in [4.78, 5) is 23.6. The molecule has 2 N–H and O–H groups in total. The summed E-state index contributed by atoms with van der Waals surface area (Å²) >= 11 is 11.8. The maximum Gasteiger partial charge on any atom is 0.240 e. The average Bonchev–Trinajstić information content (AvgIpc) is 2.73. The van der Waals surface area contributed by atoms with Crippen LogP contribution < -0.4 is 10.9 Å². The number of nitrogens with zero attached hydrogens (tertiary/aromatic N) is 2. The van der Waals surface area contributed by atoms with Gasteiger partial charge in [-0.05, 0) is 48.2 Å². The second kappa shape index (κ2) is 14.3. The molecule has 2 amide bonds. The van der Waals surface area contributed by atoms with Gasteiger partial charge in [-0.3, -0.25) is 9.59 Å². The molecule has 6 nitrogen and oxygen atoms in total. The molecule has 0 saturated heterocycles. The van der Waals surface area contributed by atoms with Crippen molar-refractivity contribution in [3.05, 3.63) is 69.7 Å². The zero-order chi connectivity index (χ0) is 22.3. The van der Waals surface area contributed by atoms with Crippen LogP contribution in [0.5, 0.6) is 0 Å². The topological polar surface area (TPSA) is 82.9 Å². The minimum Gasteiger partial charge on any atom is -0.273 e. The fraction of sp³-hybridized carbons (Fsp3) is 0.304. The molecule has 0 aromatic heterocycles. The third-order valence-corrected chi connectivity index (χ3v) is 4.78. The van der Waals surface area contributed by atoms with Gasteiger partial charge in [-0.2, -0.15) is 10.2 Å². The number of carbonyl (C=O) groups excluding carboxylic acids is 2.